The number of aromatic nitrogens is 1. The standard InChI is InChI=1S/C16H11BrFN3O/c17-12-6-5-10(7-13(12)18)9-19-21-16(22)15-8-11-3-1-2-4-14(11)20-15/h1-9,20H,(H,21,22)/b19-9+. The van der Waals surface area contributed by atoms with Crippen molar-refractivity contribution >= 4 is 39.0 Å². The van der Waals surface area contributed by atoms with Crippen molar-refractivity contribution < 1.29 is 9.18 Å². The van der Waals surface area contributed by atoms with Crippen LogP contribution in [-0.2, 0) is 0 Å². The molecule has 0 bridgehead atoms. The van der Waals surface area contributed by atoms with Gasteiger partial charge in [-0.15, -0.1) is 0 Å². The number of hydrazone groups is 1. The SMILES string of the molecule is O=C(N/N=C/c1ccc(Br)c(F)c1)c1cc2ccccc2[nH]1. The average Bonchev–Trinajstić information content (AvgIpc) is 2.95. The molecule has 3 aromatic rings. The van der Waals surface area contributed by atoms with Gasteiger partial charge in [0, 0.05) is 10.9 Å². The van der Waals surface area contributed by atoms with Crippen molar-refractivity contribution in [3.63, 3.8) is 0 Å². The summed E-state index contributed by atoms with van der Waals surface area (Å²) in [4.78, 5) is 15.0. The van der Waals surface area contributed by atoms with E-state index in [-0.39, 0.29) is 11.7 Å². The number of hydrogen-bond donors (Lipinski definition) is 2. The fraction of sp³-hybridized carbons (Fsp3) is 0. The van der Waals surface area contributed by atoms with Gasteiger partial charge in [0.15, 0.2) is 0 Å². The Morgan fingerprint density at radius 2 is 2.05 bits per heavy atom. The van der Waals surface area contributed by atoms with E-state index in [4.69, 9.17) is 0 Å². The first-order valence-corrected chi connectivity index (χ1v) is 7.29. The smallest absolute Gasteiger partial charge is 0.287 e. The first kappa shape index (κ1) is 14.5. The topological polar surface area (TPSA) is 57.2 Å². The largest absolute Gasteiger partial charge is 0.350 e. The summed E-state index contributed by atoms with van der Waals surface area (Å²) in [5.74, 6) is -0.740. The maximum Gasteiger partial charge on any atom is 0.287 e. The predicted octanol–water partition coefficient (Wildman–Crippen LogP) is 3.83. The van der Waals surface area contributed by atoms with Gasteiger partial charge < -0.3 is 4.98 Å². The lowest BCUT2D eigenvalue weighted by atomic mass is 10.2. The molecule has 0 saturated carbocycles. The van der Waals surface area contributed by atoms with Crippen LogP contribution in [0.4, 0.5) is 4.39 Å². The molecule has 0 radical (unpaired) electrons. The van der Waals surface area contributed by atoms with Crippen LogP contribution in [0.25, 0.3) is 10.9 Å². The monoisotopic (exact) mass is 359 g/mol. The highest BCUT2D eigenvalue weighted by atomic mass is 79.9. The van der Waals surface area contributed by atoms with Gasteiger partial charge in [-0.1, -0.05) is 24.3 Å². The third-order valence-electron chi connectivity index (χ3n) is 3.10. The van der Waals surface area contributed by atoms with Crippen molar-refractivity contribution in [3.05, 3.63) is 70.1 Å². The average molecular weight is 360 g/mol. The molecule has 6 heteroatoms. The maximum absolute atomic E-state index is 13.3. The van der Waals surface area contributed by atoms with Crippen molar-refractivity contribution in [1.82, 2.24) is 10.4 Å². The van der Waals surface area contributed by atoms with Gasteiger partial charge in [0.25, 0.3) is 5.91 Å². The zero-order valence-electron chi connectivity index (χ0n) is 11.3. The molecular formula is C16H11BrFN3O. The second kappa shape index (κ2) is 6.11. The molecule has 0 fully saturated rings. The van der Waals surface area contributed by atoms with Crippen molar-refractivity contribution in [2.75, 3.05) is 0 Å². The predicted molar refractivity (Wildman–Crippen MR) is 87.5 cm³/mol. The Bertz CT molecular complexity index is 840. The fourth-order valence-corrected chi connectivity index (χ4v) is 2.26. The minimum absolute atomic E-state index is 0.356. The Morgan fingerprint density at radius 1 is 1.23 bits per heavy atom. The molecule has 1 aromatic heterocycles. The molecule has 0 unspecified atom stereocenters. The number of amides is 1. The van der Waals surface area contributed by atoms with Crippen LogP contribution in [0, 0.1) is 5.82 Å². The van der Waals surface area contributed by atoms with Crippen molar-refractivity contribution in [2.45, 2.75) is 0 Å². The van der Waals surface area contributed by atoms with Gasteiger partial charge >= 0.3 is 0 Å². The third-order valence-corrected chi connectivity index (χ3v) is 3.74. The minimum Gasteiger partial charge on any atom is -0.350 e. The van der Waals surface area contributed by atoms with E-state index >= 15 is 0 Å². The summed E-state index contributed by atoms with van der Waals surface area (Å²) in [7, 11) is 0. The van der Waals surface area contributed by atoms with E-state index in [1.165, 1.54) is 12.3 Å². The Kier molecular flexibility index (Phi) is 4.02. The van der Waals surface area contributed by atoms with Gasteiger partial charge in [-0.05, 0) is 45.8 Å². The quantitative estimate of drug-likeness (QED) is 0.541. The zero-order valence-corrected chi connectivity index (χ0v) is 12.9. The van der Waals surface area contributed by atoms with Gasteiger partial charge in [0.2, 0.25) is 0 Å². The number of halogens is 2. The van der Waals surface area contributed by atoms with Crippen LogP contribution in [0.2, 0.25) is 0 Å². The van der Waals surface area contributed by atoms with Gasteiger partial charge in [-0.25, -0.2) is 9.82 Å². The van der Waals surface area contributed by atoms with Gasteiger partial charge in [-0.3, -0.25) is 4.79 Å². The van der Waals surface area contributed by atoms with E-state index in [0.29, 0.717) is 15.7 Å². The van der Waals surface area contributed by atoms with Crippen LogP contribution in [0.5, 0.6) is 0 Å². The molecule has 1 heterocycles. The number of carbonyl (C=O) groups excluding carboxylic acids is 1. The molecule has 0 atom stereocenters. The highest BCUT2D eigenvalue weighted by Crippen LogP contribution is 2.16. The number of fused-ring (bicyclic) bond motifs is 1. The van der Waals surface area contributed by atoms with Gasteiger partial charge in [-0.2, -0.15) is 5.10 Å². The second-order valence-corrected chi connectivity index (χ2v) is 5.50. The third kappa shape index (κ3) is 3.07. The Balaban J connectivity index is 1.71. The van der Waals surface area contributed by atoms with Crippen molar-refractivity contribution in [1.29, 1.82) is 0 Å². The molecular weight excluding hydrogens is 349 g/mol. The van der Waals surface area contributed by atoms with Gasteiger partial charge in [0.1, 0.15) is 11.5 Å². The summed E-state index contributed by atoms with van der Waals surface area (Å²) in [6.45, 7) is 0. The molecule has 1 amide bonds. The Morgan fingerprint density at radius 3 is 2.82 bits per heavy atom. The number of hydrogen-bond acceptors (Lipinski definition) is 2. The number of para-hydroxylation sites is 1. The van der Waals surface area contributed by atoms with Gasteiger partial charge in [0.05, 0.1) is 10.7 Å². The summed E-state index contributed by atoms with van der Waals surface area (Å²) in [6, 6.07) is 13.9. The zero-order chi connectivity index (χ0) is 15.5. The molecule has 2 aromatic carbocycles. The van der Waals surface area contributed by atoms with Crippen molar-refractivity contribution in [3.8, 4) is 0 Å². The first-order chi connectivity index (χ1) is 10.6. The minimum atomic E-state index is -0.383. The highest BCUT2D eigenvalue weighted by Gasteiger charge is 2.07. The molecule has 3 rings (SSSR count). The first-order valence-electron chi connectivity index (χ1n) is 6.50. The summed E-state index contributed by atoms with van der Waals surface area (Å²) in [6.07, 6.45) is 1.38. The summed E-state index contributed by atoms with van der Waals surface area (Å²) >= 11 is 3.07. The summed E-state index contributed by atoms with van der Waals surface area (Å²) in [5, 5.41) is 4.78. The van der Waals surface area contributed by atoms with Crippen LogP contribution < -0.4 is 5.43 Å². The number of nitrogens with one attached hydrogen (secondary N) is 2. The van der Waals surface area contributed by atoms with Crippen LogP contribution in [-0.4, -0.2) is 17.1 Å². The lowest BCUT2D eigenvalue weighted by Crippen LogP contribution is -2.17. The number of aromatic amines is 1. The van der Waals surface area contributed by atoms with Crippen LogP contribution in [0.3, 0.4) is 0 Å². The fourth-order valence-electron chi connectivity index (χ4n) is 2.01. The number of rotatable bonds is 3. The Hall–Kier alpha value is -2.47. The Labute approximate surface area is 134 Å². The summed E-state index contributed by atoms with van der Waals surface area (Å²) in [5.41, 5.74) is 4.26. The van der Waals surface area contributed by atoms with E-state index in [9.17, 15) is 9.18 Å². The molecule has 4 nitrogen and oxygen atoms in total. The van der Waals surface area contributed by atoms with E-state index in [0.717, 1.165) is 10.9 Å². The number of carbonyl (C=O) groups is 1. The number of nitrogens with zero attached hydrogens (tertiary/aromatic N) is 1. The lowest BCUT2D eigenvalue weighted by Gasteiger charge is -1.98. The van der Waals surface area contributed by atoms with Crippen LogP contribution in [0.1, 0.15) is 16.1 Å². The molecule has 2 N–H and O–H groups in total. The molecule has 0 aliphatic carbocycles. The van der Waals surface area contributed by atoms with Crippen LogP contribution >= 0.6 is 15.9 Å². The molecule has 110 valence electrons. The lowest BCUT2D eigenvalue weighted by molar-refractivity contribution is 0.0951. The summed E-state index contributed by atoms with van der Waals surface area (Å²) < 4.78 is 13.7. The van der Waals surface area contributed by atoms with E-state index < -0.39 is 0 Å². The molecule has 22 heavy (non-hydrogen) atoms. The van der Waals surface area contributed by atoms with E-state index in [2.05, 4.69) is 31.4 Å². The number of H-pyrrole nitrogens is 1. The highest BCUT2D eigenvalue weighted by molar-refractivity contribution is 9.10. The maximum atomic E-state index is 13.3. The van der Waals surface area contributed by atoms with Crippen LogP contribution in [0.15, 0.2) is 58.1 Å². The molecule has 0 aliphatic rings. The molecule has 0 aliphatic heterocycles. The van der Waals surface area contributed by atoms with E-state index in [1.807, 2.05) is 24.3 Å². The molecule has 0 spiro atoms. The van der Waals surface area contributed by atoms with Crippen molar-refractivity contribution in [2.24, 2.45) is 5.10 Å². The normalized spacial score (nSPS) is 11.2. The molecule has 0 saturated heterocycles. The van der Waals surface area contributed by atoms with E-state index in [1.54, 1.807) is 18.2 Å². The number of benzene rings is 2. The second-order valence-electron chi connectivity index (χ2n) is 4.64.